The molecular weight excluding hydrogens is 450 g/mol. The number of aryl methyl sites for hydroxylation is 1. The third-order valence-electron chi connectivity index (χ3n) is 6.00. The molecule has 0 aromatic heterocycles. The molecule has 8 nitrogen and oxygen atoms in total. The van der Waals surface area contributed by atoms with Crippen molar-refractivity contribution in [1.29, 1.82) is 0 Å². The maximum absolute atomic E-state index is 13.2. The minimum atomic E-state index is -0.814. The Labute approximate surface area is 206 Å². The van der Waals surface area contributed by atoms with Crippen LogP contribution in [0.25, 0.3) is 5.76 Å². The van der Waals surface area contributed by atoms with Crippen LogP contribution in [0, 0.1) is 6.92 Å². The van der Waals surface area contributed by atoms with Crippen molar-refractivity contribution >= 4 is 17.4 Å². The van der Waals surface area contributed by atoms with Crippen molar-refractivity contribution in [3.05, 3.63) is 58.7 Å². The number of hydrogen-bond donors (Lipinski definition) is 1. The van der Waals surface area contributed by atoms with Crippen molar-refractivity contribution < 1.29 is 33.6 Å². The molecule has 0 spiro atoms. The molecule has 1 amide bonds. The summed E-state index contributed by atoms with van der Waals surface area (Å²) < 4.78 is 21.7. The Bertz CT molecular complexity index is 1110. The molecule has 1 heterocycles. The van der Waals surface area contributed by atoms with Crippen molar-refractivity contribution in [3.63, 3.8) is 0 Å². The molecule has 2 aromatic rings. The van der Waals surface area contributed by atoms with Gasteiger partial charge >= 0.3 is 0 Å². The Kier molecular flexibility index (Phi) is 8.76. The smallest absolute Gasteiger partial charge is 0.295 e. The number of ketones is 1. The molecule has 1 fully saturated rings. The van der Waals surface area contributed by atoms with Crippen LogP contribution in [0.3, 0.4) is 0 Å². The van der Waals surface area contributed by atoms with Gasteiger partial charge < -0.3 is 29.0 Å². The summed E-state index contributed by atoms with van der Waals surface area (Å²) in [5.74, 6) is -0.0108. The van der Waals surface area contributed by atoms with Crippen molar-refractivity contribution in [1.82, 2.24) is 4.90 Å². The third kappa shape index (κ3) is 5.43. The molecule has 3 rings (SSSR count). The number of Topliss-reactive ketones (excluding diaryl/α,β-unsaturated/α-hetero) is 1. The topological polar surface area (TPSA) is 94.5 Å². The lowest BCUT2D eigenvalue weighted by Gasteiger charge is -2.25. The molecule has 1 N–H and O–H groups in total. The van der Waals surface area contributed by atoms with Gasteiger partial charge in [0.1, 0.15) is 11.5 Å². The van der Waals surface area contributed by atoms with Crippen molar-refractivity contribution in [2.45, 2.75) is 32.7 Å². The first kappa shape index (κ1) is 26.1. The molecule has 35 heavy (non-hydrogen) atoms. The van der Waals surface area contributed by atoms with Gasteiger partial charge in [0.15, 0.2) is 11.5 Å². The zero-order chi connectivity index (χ0) is 25.5. The Morgan fingerprint density at radius 2 is 1.69 bits per heavy atom. The number of methoxy groups -OCH3 is 3. The van der Waals surface area contributed by atoms with Gasteiger partial charge in [-0.1, -0.05) is 19.4 Å². The van der Waals surface area contributed by atoms with Crippen LogP contribution < -0.4 is 14.2 Å². The van der Waals surface area contributed by atoms with E-state index in [1.54, 1.807) is 36.4 Å². The maximum atomic E-state index is 13.2. The summed E-state index contributed by atoms with van der Waals surface area (Å²) in [6, 6.07) is 9.57. The van der Waals surface area contributed by atoms with E-state index >= 15 is 0 Å². The van der Waals surface area contributed by atoms with E-state index in [-0.39, 0.29) is 24.5 Å². The van der Waals surface area contributed by atoms with E-state index in [9.17, 15) is 14.7 Å². The highest BCUT2D eigenvalue weighted by Gasteiger charge is 2.46. The normalized spacial score (nSPS) is 17.1. The number of carbonyl (C=O) groups is 2. The number of rotatable bonds is 11. The first-order valence-corrected chi connectivity index (χ1v) is 11.6. The molecule has 1 aliphatic rings. The van der Waals surface area contributed by atoms with E-state index in [0.29, 0.717) is 35.0 Å². The summed E-state index contributed by atoms with van der Waals surface area (Å²) in [7, 11) is 4.56. The second kappa shape index (κ2) is 11.8. The summed E-state index contributed by atoms with van der Waals surface area (Å²) in [4.78, 5) is 27.5. The number of nitrogens with zero attached hydrogens (tertiary/aromatic N) is 1. The number of carbonyl (C=O) groups excluding carboxylic acids is 2. The highest BCUT2D eigenvalue weighted by molar-refractivity contribution is 6.46. The Balaban J connectivity index is 2.10. The SMILES string of the molecule is CCCCOc1ccc(C(O)=C2C(=O)C(=O)N(CCOC)[C@H]2c2ccc(OC)c(OC)c2)cc1C. The van der Waals surface area contributed by atoms with Crippen molar-refractivity contribution in [3.8, 4) is 17.2 Å². The standard InChI is InChI=1S/C27H33NO7/c1-6-7-13-35-20-10-9-19(15-17(20)2)25(29)23-24(28(12-14-32-3)27(31)26(23)30)18-8-11-21(33-4)22(16-18)34-5/h8-11,15-16,24,29H,6-7,12-14H2,1-5H3/t24-/m0/s1. The molecule has 188 valence electrons. The van der Waals surface area contributed by atoms with Gasteiger partial charge in [0.05, 0.1) is 39.0 Å². The van der Waals surface area contributed by atoms with E-state index < -0.39 is 17.7 Å². The lowest BCUT2D eigenvalue weighted by molar-refractivity contribution is -0.140. The largest absolute Gasteiger partial charge is 0.507 e. The van der Waals surface area contributed by atoms with Crippen LogP contribution in [0.15, 0.2) is 42.0 Å². The van der Waals surface area contributed by atoms with Gasteiger partial charge in [-0.3, -0.25) is 9.59 Å². The molecule has 0 radical (unpaired) electrons. The second-order valence-corrected chi connectivity index (χ2v) is 8.28. The molecule has 0 bridgehead atoms. The predicted molar refractivity (Wildman–Crippen MR) is 132 cm³/mol. The minimum absolute atomic E-state index is 0.0115. The Hall–Kier alpha value is -3.52. The molecule has 1 aliphatic heterocycles. The Morgan fingerprint density at radius 1 is 0.971 bits per heavy atom. The summed E-state index contributed by atoms with van der Waals surface area (Å²) in [6.07, 6.45) is 1.97. The molecule has 2 aromatic carbocycles. The van der Waals surface area contributed by atoms with Crippen molar-refractivity contribution in [2.24, 2.45) is 0 Å². The minimum Gasteiger partial charge on any atom is -0.507 e. The molecule has 8 heteroatoms. The van der Waals surface area contributed by atoms with Crippen LogP contribution in [0.1, 0.15) is 42.5 Å². The molecular formula is C27H33NO7. The van der Waals surface area contributed by atoms with E-state index in [4.69, 9.17) is 18.9 Å². The monoisotopic (exact) mass is 483 g/mol. The van der Waals surface area contributed by atoms with Gasteiger partial charge in [-0.2, -0.15) is 0 Å². The predicted octanol–water partition coefficient (Wildman–Crippen LogP) is 4.26. The first-order valence-electron chi connectivity index (χ1n) is 11.6. The van der Waals surface area contributed by atoms with E-state index in [1.165, 1.54) is 26.2 Å². The number of aliphatic hydroxyl groups is 1. The lowest BCUT2D eigenvalue weighted by atomic mass is 9.94. The van der Waals surface area contributed by atoms with Gasteiger partial charge in [-0.05, 0) is 54.8 Å². The van der Waals surface area contributed by atoms with Gasteiger partial charge in [0.25, 0.3) is 11.7 Å². The van der Waals surface area contributed by atoms with Crippen LogP contribution in [-0.4, -0.2) is 62.8 Å². The van der Waals surface area contributed by atoms with Crippen LogP contribution in [0.4, 0.5) is 0 Å². The first-order chi connectivity index (χ1) is 16.9. The number of benzene rings is 2. The third-order valence-corrected chi connectivity index (χ3v) is 6.00. The summed E-state index contributed by atoms with van der Waals surface area (Å²) in [5.41, 5.74) is 1.87. The molecule has 0 saturated carbocycles. The number of aliphatic hydroxyl groups excluding tert-OH is 1. The summed E-state index contributed by atoms with van der Waals surface area (Å²) >= 11 is 0. The molecule has 0 unspecified atom stereocenters. The van der Waals surface area contributed by atoms with Gasteiger partial charge in [-0.25, -0.2) is 0 Å². The average Bonchev–Trinajstić information content (AvgIpc) is 3.12. The van der Waals surface area contributed by atoms with Crippen LogP contribution in [-0.2, 0) is 14.3 Å². The summed E-state index contributed by atoms with van der Waals surface area (Å²) in [5, 5.41) is 11.3. The van der Waals surface area contributed by atoms with E-state index in [2.05, 4.69) is 6.92 Å². The number of hydrogen-bond acceptors (Lipinski definition) is 7. The van der Waals surface area contributed by atoms with Gasteiger partial charge in [0, 0.05) is 19.2 Å². The fourth-order valence-electron chi connectivity index (χ4n) is 4.11. The second-order valence-electron chi connectivity index (χ2n) is 8.28. The number of unbranched alkanes of at least 4 members (excludes halogenated alkanes) is 1. The van der Waals surface area contributed by atoms with E-state index in [0.717, 1.165) is 18.4 Å². The molecule has 0 aliphatic carbocycles. The zero-order valence-electron chi connectivity index (χ0n) is 20.9. The van der Waals surface area contributed by atoms with Crippen LogP contribution in [0.5, 0.6) is 17.2 Å². The molecule has 1 saturated heterocycles. The average molecular weight is 484 g/mol. The number of amides is 1. The summed E-state index contributed by atoms with van der Waals surface area (Å²) in [6.45, 7) is 4.99. The number of likely N-dealkylation sites (tertiary alicyclic amines) is 1. The van der Waals surface area contributed by atoms with Crippen molar-refractivity contribution in [2.75, 3.05) is 41.1 Å². The number of ether oxygens (including phenoxy) is 4. The van der Waals surface area contributed by atoms with Gasteiger partial charge in [-0.15, -0.1) is 0 Å². The lowest BCUT2D eigenvalue weighted by Crippen LogP contribution is -2.32. The Morgan fingerprint density at radius 3 is 2.31 bits per heavy atom. The fourth-order valence-corrected chi connectivity index (χ4v) is 4.11. The highest BCUT2D eigenvalue weighted by atomic mass is 16.5. The van der Waals surface area contributed by atoms with Gasteiger partial charge in [0.2, 0.25) is 0 Å². The highest BCUT2D eigenvalue weighted by Crippen LogP contribution is 2.42. The fraction of sp³-hybridized carbons (Fsp3) is 0.407. The van der Waals surface area contributed by atoms with E-state index in [1.807, 2.05) is 6.92 Å². The molecule has 1 atom stereocenters. The quantitative estimate of drug-likeness (QED) is 0.221. The van der Waals surface area contributed by atoms with Crippen LogP contribution in [0.2, 0.25) is 0 Å². The van der Waals surface area contributed by atoms with Crippen LogP contribution >= 0.6 is 0 Å². The zero-order valence-corrected chi connectivity index (χ0v) is 20.9. The maximum Gasteiger partial charge on any atom is 0.295 e.